The number of nitrogens with one attached hydrogen (secondary N) is 3. The minimum Gasteiger partial charge on any atom is -0.507 e. The Bertz CT molecular complexity index is 2360. The van der Waals surface area contributed by atoms with Gasteiger partial charge in [0.15, 0.2) is 11.6 Å². The highest BCUT2D eigenvalue weighted by Crippen LogP contribution is 2.63. The van der Waals surface area contributed by atoms with Gasteiger partial charge >= 0.3 is 12.2 Å². The zero-order chi connectivity index (χ0) is 47.3. The summed E-state index contributed by atoms with van der Waals surface area (Å²) in [6.45, 7) is 17.4. The minimum atomic E-state index is -0.477. The number of ether oxygens (including phenoxy) is 2. The molecule has 8 rings (SSSR count). The van der Waals surface area contributed by atoms with E-state index in [1.165, 1.54) is 44.6 Å². The predicted molar refractivity (Wildman–Crippen MR) is 266 cm³/mol. The molecule has 0 spiro atoms. The van der Waals surface area contributed by atoms with Gasteiger partial charge in [-0.3, -0.25) is 9.59 Å². The van der Waals surface area contributed by atoms with E-state index in [0.717, 1.165) is 54.9 Å². The van der Waals surface area contributed by atoms with Gasteiger partial charge in [-0.25, -0.2) is 9.59 Å². The van der Waals surface area contributed by atoms with E-state index in [4.69, 9.17) is 9.47 Å². The number of fused-ring (bicyclic) bond motifs is 5. The third-order valence-corrected chi connectivity index (χ3v) is 17.9. The number of halogens is 2. The number of phenols is 1. The number of ketones is 2. The number of amides is 2. The third kappa shape index (κ3) is 10.1. The molecule has 4 N–H and O–H groups in total. The molecule has 0 radical (unpaired) electrons. The van der Waals surface area contributed by atoms with E-state index in [2.05, 4.69) is 96.3 Å². The number of rotatable bonds is 11. The molecule has 356 valence electrons. The Hall–Kier alpha value is -3.90. The summed E-state index contributed by atoms with van der Waals surface area (Å²) in [5, 5.41) is 20.2. The van der Waals surface area contributed by atoms with Gasteiger partial charge in [0.1, 0.15) is 5.75 Å². The van der Waals surface area contributed by atoms with E-state index in [1.807, 2.05) is 12.1 Å². The number of benzene rings is 3. The van der Waals surface area contributed by atoms with Crippen LogP contribution in [-0.4, -0.2) is 54.7 Å². The van der Waals surface area contributed by atoms with Crippen LogP contribution in [0.2, 0.25) is 0 Å². The van der Waals surface area contributed by atoms with Crippen LogP contribution >= 0.6 is 31.9 Å². The van der Waals surface area contributed by atoms with Crippen molar-refractivity contribution in [1.82, 2.24) is 10.6 Å². The fourth-order valence-electron chi connectivity index (χ4n) is 13.5. The molecule has 5 aliphatic carbocycles. The van der Waals surface area contributed by atoms with Gasteiger partial charge in [-0.05, 0) is 178 Å². The number of phenolic OH excluding ortho intramolecular Hbond substituents is 1. The van der Waals surface area contributed by atoms with Crippen molar-refractivity contribution in [3.8, 4) is 5.75 Å². The molecule has 4 saturated carbocycles. The number of hydrogen-bond donors (Lipinski definition) is 4. The van der Waals surface area contributed by atoms with Crippen molar-refractivity contribution in [2.45, 2.75) is 132 Å². The van der Waals surface area contributed by atoms with Gasteiger partial charge in [0.2, 0.25) is 0 Å². The monoisotopic (exact) mass is 1030 g/mol. The Balaban J connectivity index is 0.801. The van der Waals surface area contributed by atoms with Crippen molar-refractivity contribution in [3.63, 3.8) is 0 Å². The maximum absolute atomic E-state index is 13.6. The van der Waals surface area contributed by atoms with E-state index in [0.29, 0.717) is 57.6 Å². The summed E-state index contributed by atoms with van der Waals surface area (Å²) in [5.74, 6) is 3.09. The molecule has 0 aliphatic heterocycles. The molecule has 2 amide bonds. The van der Waals surface area contributed by atoms with Crippen LogP contribution < -0.4 is 16.0 Å². The van der Waals surface area contributed by atoms with Crippen LogP contribution in [0.5, 0.6) is 5.75 Å². The molecule has 12 heteroatoms. The summed E-state index contributed by atoms with van der Waals surface area (Å²) in [6.07, 6.45) is 12.3. The molecule has 10 nitrogen and oxygen atoms in total. The highest BCUT2D eigenvalue weighted by Gasteiger charge is 2.54. The zero-order valence-electron chi connectivity index (χ0n) is 39.8. The lowest BCUT2D eigenvalue weighted by Gasteiger charge is -2.59. The maximum Gasteiger partial charge on any atom is 0.407 e. The van der Waals surface area contributed by atoms with Gasteiger partial charge in [-0.2, -0.15) is 0 Å². The molecular formula is C54H69Br2N3O7. The summed E-state index contributed by atoms with van der Waals surface area (Å²) < 4.78 is 13.1. The van der Waals surface area contributed by atoms with Gasteiger partial charge in [-0.1, -0.05) is 72.7 Å². The average Bonchev–Trinajstić information content (AvgIpc) is 3.25. The molecule has 4 fully saturated rings. The Kier molecular flexibility index (Phi) is 13.9. The van der Waals surface area contributed by atoms with Crippen LogP contribution in [-0.2, 0) is 15.9 Å². The molecule has 3 aromatic carbocycles. The highest BCUT2D eigenvalue weighted by molar-refractivity contribution is 9.11. The second kappa shape index (κ2) is 18.9. The van der Waals surface area contributed by atoms with Crippen LogP contribution in [0.1, 0.15) is 157 Å². The first kappa shape index (κ1) is 48.6. The summed E-state index contributed by atoms with van der Waals surface area (Å²) in [6, 6.07) is 13.3. The number of aromatic hydroxyl groups is 1. The van der Waals surface area contributed by atoms with E-state index >= 15 is 0 Å². The van der Waals surface area contributed by atoms with E-state index in [-0.39, 0.29) is 68.8 Å². The fourth-order valence-corrected chi connectivity index (χ4v) is 15.0. The Morgan fingerprint density at radius 2 is 1.52 bits per heavy atom. The van der Waals surface area contributed by atoms with Crippen molar-refractivity contribution in [1.29, 1.82) is 0 Å². The molecule has 5 aliphatic rings. The molecule has 0 aromatic heterocycles. The Labute approximate surface area is 408 Å². The quantitative estimate of drug-likeness (QED) is 0.109. The van der Waals surface area contributed by atoms with Crippen molar-refractivity contribution >= 4 is 67.0 Å². The van der Waals surface area contributed by atoms with Gasteiger partial charge in [0.05, 0.1) is 35.7 Å². The van der Waals surface area contributed by atoms with Gasteiger partial charge in [-0.15, -0.1) is 0 Å². The lowest BCUT2D eigenvalue weighted by Crippen LogP contribution is -2.52. The molecule has 0 saturated heterocycles. The standard InChI is InChI=1S/C54H69Br2N3O7/c1-31(2)33-13-15-39-34(24-33)12-14-35-25-52(5,19-20-54(35,39)7)30-66-49(63)57-29-53(6)27-36(26-51(3,4)28-53)58-50(64)65-21-18-32-22-40(55)46(41(56)23-32)59-42-16-17-43(60)45-44(42)47(61)37-10-8-9-11-38(37)48(45)62/h8-11,16-17,22-23,31,33-36,39,59-60H,12-15,18-21,24-30H2,1-7H3,(H,57,63)(H,58,64). The van der Waals surface area contributed by atoms with Crippen LogP contribution in [0.3, 0.4) is 0 Å². The summed E-state index contributed by atoms with van der Waals surface area (Å²) in [4.78, 5) is 53.5. The highest BCUT2D eigenvalue weighted by atomic mass is 79.9. The van der Waals surface area contributed by atoms with Crippen LogP contribution in [0.15, 0.2) is 57.5 Å². The molecule has 3 aromatic rings. The lowest BCUT2D eigenvalue weighted by atomic mass is 9.46. The Morgan fingerprint density at radius 3 is 2.21 bits per heavy atom. The van der Waals surface area contributed by atoms with Gasteiger partial charge < -0.3 is 30.5 Å². The van der Waals surface area contributed by atoms with Gasteiger partial charge in [0.25, 0.3) is 0 Å². The summed E-state index contributed by atoms with van der Waals surface area (Å²) in [7, 11) is 0. The average molecular weight is 1030 g/mol. The van der Waals surface area contributed by atoms with Crippen molar-refractivity contribution in [2.24, 2.45) is 51.2 Å². The summed E-state index contributed by atoms with van der Waals surface area (Å²) >= 11 is 7.31. The molecular weight excluding hydrogens is 962 g/mol. The molecule has 8 unspecified atom stereocenters. The number of carbonyl (C=O) groups is 4. The number of anilines is 2. The molecule has 0 bridgehead atoms. The summed E-state index contributed by atoms with van der Waals surface area (Å²) in [5.41, 5.74) is 2.64. The van der Waals surface area contributed by atoms with E-state index in [1.54, 1.807) is 30.3 Å². The minimum absolute atomic E-state index is 0.00165. The van der Waals surface area contributed by atoms with E-state index in [9.17, 15) is 24.3 Å². The first-order chi connectivity index (χ1) is 31.2. The molecule has 0 heterocycles. The number of hydrogen-bond acceptors (Lipinski definition) is 8. The lowest BCUT2D eigenvalue weighted by molar-refractivity contribution is -0.104. The SMILES string of the molecule is CC(C)C1CCC2C(CCC3CC(C)(COC(=O)NCC4(C)CC(NC(=O)OCCc5cc(Br)c(Nc6ccc(O)c7c6C(=O)c6ccccc6C7=O)c(Br)c5)CC(C)(C)C4)CCC32C)C1. The largest absolute Gasteiger partial charge is 0.507 e. The van der Waals surface area contributed by atoms with Gasteiger partial charge in [0, 0.05) is 44.5 Å². The third-order valence-electron chi connectivity index (χ3n) is 16.7. The Morgan fingerprint density at radius 1 is 0.818 bits per heavy atom. The number of carbonyl (C=O) groups excluding carboxylic acids is 4. The van der Waals surface area contributed by atoms with Crippen molar-refractivity contribution in [2.75, 3.05) is 25.1 Å². The zero-order valence-corrected chi connectivity index (χ0v) is 43.0. The second-order valence-corrected chi connectivity index (χ2v) is 24.5. The first-order valence-electron chi connectivity index (χ1n) is 24.3. The van der Waals surface area contributed by atoms with Crippen LogP contribution in [0.25, 0.3) is 0 Å². The van der Waals surface area contributed by atoms with Crippen LogP contribution in [0.4, 0.5) is 21.0 Å². The second-order valence-electron chi connectivity index (χ2n) is 22.8. The van der Waals surface area contributed by atoms with E-state index < -0.39 is 11.9 Å². The smallest absolute Gasteiger partial charge is 0.407 e. The predicted octanol–water partition coefficient (Wildman–Crippen LogP) is 13.3. The molecule has 8 atom stereocenters. The maximum atomic E-state index is 13.6. The normalized spacial score (nSPS) is 30.0. The molecule has 66 heavy (non-hydrogen) atoms. The van der Waals surface area contributed by atoms with Crippen molar-refractivity contribution in [3.05, 3.63) is 85.3 Å². The number of alkyl carbamates (subject to hydrolysis) is 2. The topological polar surface area (TPSA) is 143 Å². The van der Waals surface area contributed by atoms with Crippen molar-refractivity contribution < 1.29 is 33.8 Å². The van der Waals surface area contributed by atoms with Crippen LogP contribution in [0, 0.1) is 51.2 Å². The first-order valence-corrected chi connectivity index (χ1v) is 25.9. The fraction of sp³-hybridized carbons (Fsp3) is 0.593.